The normalized spacial score (nSPS) is 17.4. The molecule has 1 aliphatic rings. The molecule has 29 heavy (non-hydrogen) atoms. The predicted molar refractivity (Wildman–Crippen MR) is 114 cm³/mol. The number of nitrogens with zero attached hydrogens (tertiary/aromatic N) is 4. The van der Waals surface area contributed by atoms with E-state index in [2.05, 4.69) is 46.1 Å². The molecule has 1 aromatic carbocycles. The van der Waals surface area contributed by atoms with Gasteiger partial charge in [-0.3, -0.25) is 9.78 Å². The van der Waals surface area contributed by atoms with E-state index in [4.69, 9.17) is 4.42 Å². The molecule has 4 rings (SSSR count). The van der Waals surface area contributed by atoms with Crippen LogP contribution in [0.15, 0.2) is 70.2 Å². The van der Waals surface area contributed by atoms with Crippen LogP contribution in [-0.2, 0) is 10.2 Å². The highest BCUT2D eigenvalue weighted by Crippen LogP contribution is 2.46. The number of benzene rings is 1. The fraction of sp³-hybridized carbons (Fsp3) is 0.273. The topological polar surface area (TPSA) is 72.1 Å². The van der Waals surface area contributed by atoms with Gasteiger partial charge in [0.2, 0.25) is 5.89 Å². The third-order valence-corrected chi connectivity index (χ3v) is 6.18. The first-order valence-electron chi connectivity index (χ1n) is 9.37. The number of para-hydroxylation sites is 1. The Morgan fingerprint density at radius 2 is 1.90 bits per heavy atom. The van der Waals surface area contributed by atoms with Crippen LogP contribution in [0.4, 0.5) is 5.69 Å². The van der Waals surface area contributed by atoms with E-state index in [1.807, 2.05) is 26.1 Å². The van der Waals surface area contributed by atoms with Gasteiger partial charge in [-0.05, 0) is 30.7 Å². The maximum Gasteiger partial charge on any atom is 0.277 e. The second kappa shape index (κ2) is 7.48. The molecule has 0 amide bonds. The van der Waals surface area contributed by atoms with Crippen molar-refractivity contribution < 1.29 is 9.21 Å². The molecular formula is C22H22N4O2S. The molecule has 2 aromatic heterocycles. The van der Waals surface area contributed by atoms with E-state index < -0.39 is 0 Å². The highest BCUT2D eigenvalue weighted by molar-refractivity contribution is 8.00. The Hall–Kier alpha value is -2.93. The first-order valence-corrected chi connectivity index (χ1v) is 10.3. The van der Waals surface area contributed by atoms with Crippen molar-refractivity contribution in [3.63, 3.8) is 0 Å². The molecule has 1 aliphatic heterocycles. The number of ketones is 1. The van der Waals surface area contributed by atoms with Gasteiger partial charge in [0.15, 0.2) is 5.78 Å². The minimum Gasteiger partial charge on any atom is -0.411 e. The van der Waals surface area contributed by atoms with Crippen LogP contribution in [0.25, 0.3) is 11.5 Å². The average molecular weight is 407 g/mol. The number of carbonyl (C=O) groups excluding carboxylic acids is 1. The van der Waals surface area contributed by atoms with Crippen molar-refractivity contribution in [3.8, 4) is 11.5 Å². The number of anilines is 1. The number of allylic oxidation sites excluding steroid dienone is 2. The van der Waals surface area contributed by atoms with Crippen LogP contribution in [0, 0.1) is 0 Å². The van der Waals surface area contributed by atoms with Crippen LogP contribution >= 0.6 is 11.8 Å². The highest BCUT2D eigenvalue weighted by atomic mass is 32.2. The number of hydrogen-bond acceptors (Lipinski definition) is 7. The molecule has 6 nitrogen and oxygen atoms in total. The molecule has 1 atom stereocenters. The standard InChI is InChI=1S/C22H22N4O2S/c1-14(29-21-25-24-20(28-21)15-9-11-23-12-10-15)18(27)13-19-22(2,3)16-7-5-6-8-17(16)26(19)4/h5-14H,1-4H3/b19-13-. The number of fused-ring (bicyclic) bond motifs is 1. The summed E-state index contributed by atoms with van der Waals surface area (Å²) >= 11 is 1.27. The van der Waals surface area contributed by atoms with E-state index in [0.29, 0.717) is 11.1 Å². The molecule has 0 radical (unpaired) electrons. The van der Waals surface area contributed by atoms with Gasteiger partial charge in [-0.2, -0.15) is 0 Å². The monoisotopic (exact) mass is 406 g/mol. The van der Waals surface area contributed by atoms with E-state index in [9.17, 15) is 4.79 Å². The summed E-state index contributed by atoms with van der Waals surface area (Å²) in [6.07, 6.45) is 5.09. The van der Waals surface area contributed by atoms with Crippen molar-refractivity contribution in [1.82, 2.24) is 15.2 Å². The molecule has 3 heterocycles. The second-order valence-corrected chi connectivity index (χ2v) is 8.79. The van der Waals surface area contributed by atoms with Gasteiger partial charge in [-0.1, -0.05) is 43.8 Å². The summed E-state index contributed by atoms with van der Waals surface area (Å²) < 4.78 is 5.70. The number of hydrogen-bond donors (Lipinski definition) is 0. The fourth-order valence-corrected chi connectivity index (χ4v) is 4.29. The van der Waals surface area contributed by atoms with Crippen molar-refractivity contribution in [3.05, 3.63) is 66.1 Å². The molecule has 148 valence electrons. The van der Waals surface area contributed by atoms with E-state index in [-0.39, 0.29) is 16.4 Å². The lowest BCUT2D eigenvalue weighted by Crippen LogP contribution is -2.25. The Balaban J connectivity index is 1.51. The van der Waals surface area contributed by atoms with Crippen molar-refractivity contribution in [2.45, 2.75) is 36.7 Å². The number of thioether (sulfide) groups is 1. The van der Waals surface area contributed by atoms with Crippen LogP contribution in [0.3, 0.4) is 0 Å². The third kappa shape index (κ3) is 3.58. The number of rotatable bonds is 5. The summed E-state index contributed by atoms with van der Waals surface area (Å²) in [6.45, 7) is 6.14. The minimum atomic E-state index is -0.346. The zero-order valence-electron chi connectivity index (χ0n) is 16.8. The first-order chi connectivity index (χ1) is 13.9. The summed E-state index contributed by atoms with van der Waals surface area (Å²) in [7, 11) is 2.00. The number of aromatic nitrogens is 3. The zero-order chi connectivity index (χ0) is 20.6. The van der Waals surface area contributed by atoms with E-state index in [0.717, 1.165) is 16.9 Å². The molecule has 0 aliphatic carbocycles. The molecule has 0 spiro atoms. The molecule has 0 bridgehead atoms. The Labute approximate surface area is 174 Å². The summed E-state index contributed by atoms with van der Waals surface area (Å²) in [5.41, 5.74) is 3.91. The lowest BCUT2D eigenvalue weighted by atomic mass is 9.83. The summed E-state index contributed by atoms with van der Waals surface area (Å²) in [5.74, 6) is 0.432. The van der Waals surface area contributed by atoms with Gasteiger partial charge in [0.05, 0.1) is 5.25 Å². The summed E-state index contributed by atoms with van der Waals surface area (Å²) in [5, 5.41) is 8.16. The summed E-state index contributed by atoms with van der Waals surface area (Å²) in [4.78, 5) is 19.0. The van der Waals surface area contributed by atoms with Crippen molar-refractivity contribution >= 4 is 23.2 Å². The van der Waals surface area contributed by atoms with E-state index in [1.54, 1.807) is 30.6 Å². The average Bonchev–Trinajstić information content (AvgIpc) is 3.26. The number of carbonyl (C=O) groups is 1. The van der Waals surface area contributed by atoms with Gasteiger partial charge in [0.1, 0.15) is 0 Å². The van der Waals surface area contributed by atoms with Crippen LogP contribution in [0.5, 0.6) is 0 Å². The molecule has 0 saturated heterocycles. The molecular weight excluding hydrogens is 384 g/mol. The SMILES string of the molecule is CC(Sc1nnc(-c2ccncc2)o1)C(=O)/C=C1\N(C)c2ccccc2C1(C)C. The Kier molecular flexibility index (Phi) is 5.00. The molecule has 3 aromatic rings. The fourth-order valence-electron chi connectivity index (χ4n) is 3.59. The van der Waals surface area contributed by atoms with Gasteiger partial charge in [0, 0.05) is 47.9 Å². The van der Waals surface area contributed by atoms with Gasteiger partial charge in [-0.25, -0.2) is 0 Å². The van der Waals surface area contributed by atoms with Crippen LogP contribution < -0.4 is 4.90 Å². The van der Waals surface area contributed by atoms with Gasteiger partial charge in [-0.15, -0.1) is 10.2 Å². The molecule has 1 unspecified atom stereocenters. The Morgan fingerprint density at radius 3 is 2.62 bits per heavy atom. The van der Waals surface area contributed by atoms with Crippen LogP contribution in [0.1, 0.15) is 26.3 Å². The largest absolute Gasteiger partial charge is 0.411 e. The predicted octanol–water partition coefficient (Wildman–Crippen LogP) is 4.49. The Morgan fingerprint density at radius 1 is 1.17 bits per heavy atom. The smallest absolute Gasteiger partial charge is 0.277 e. The second-order valence-electron chi connectivity index (χ2n) is 7.50. The molecule has 0 N–H and O–H groups in total. The quantitative estimate of drug-likeness (QED) is 0.456. The van der Waals surface area contributed by atoms with Gasteiger partial charge < -0.3 is 9.32 Å². The van der Waals surface area contributed by atoms with Gasteiger partial charge >= 0.3 is 0 Å². The number of pyridine rings is 1. The Bertz CT molecular complexity index is 1080. The summed E-state index contributed by atoms with van der Waals surface area (Å²) in [6, 6.07) is 11.9. The van der Waals surface area contributed by atoms with Crippen LogP contribution in [-0.4, -0.2) is 33.3 Å². The van der Waals surface area contributed by atoms with Crippen molar-refractivity contribution in [2.24, 2.45) is 0 Å². The maximum absolute atomic E-state index is 12.9. The van der Waals surface area contributed by atoms with Crippen LogP contribution in [0.2, 0.25) is 0 Å². The molecule has 0 fully saturated rings. The van der Waals surface area contributed by atoms with Crippen molar-refractivity contribution in [1.29, 1.82) is 0 Å². The van der Waals surface area contributed by atoms with Gasteiger partial charge in [0.25, 0.3) is 5.22 Å². The van der Waals surface area contributed by atoms with Crippen molar-refractivity contribution in [2.75, 3.05) is 11.9 Å². The minimum absolute atomic E-state index is 0.0152. The highest BCUT2D eigenvalue weighted by Gasteiger charge is 2.38. The molecule has 0 saturated carbocycles. The lowest BCUT2D eigenvalue weighted by Gasteiger charge is -2.24. The maximum atomic E-state index is 12.9. The van der Waals surface area contributed by atoms with E-state index in [1.165, 1.54) is 17.3 Å². The zero-order valence-corrected chi connectivity index (χ0v) is 17.6. The number of likely N-dealkylation sites (N-methyl/N-ethyl adjacent to an activating group) is 1. The van der Waals surface area contributed by atoms with E-state index >= 15 is 0 Å². The first kappa shape index (κ1) is 19.4. The lowest BCUT2D eigenvalue weighted by molar-refractivity contribution is -0.114. The molecule has 7 heteroatoms. The third-order valence-electron chi connectivity index (χ3n) is 5.23.